The van der Waals surface area contributed by atoms with Crippen molar-refractivity contribution in [1.29, 1.82) is 0 Å². The molecule has 0 unspecified atom stereocenters. The zero-order valence-electron chi connectivity index (χ0n) is 17.1. The number of hydrogen-bond donors (Lipinski definition) is 1. The van der Waals surface area contributed by atoms with Crippen molar-refractivity contribution in [2.24, 2.45) is 0 Å². The monoisotopic (exact) mass is 484 g/mol. The maximum atomic E-state index is 13.7. The highest BCUT2D eigenvalue weighted by molar-refractivity contribution is 8.18. The predicted molar refractivity (Wildman–Crippen MR) is 120 cm³/mol. The predicted octanol–water partition coefficient (Wildman–Crippen LogP) is 4.34. The third-order valence-electron chi connectivity index (χ3n) is 4.76. The Bertz CT molecular complexity index is 1370. The van der Waals surface area contributed by atoms with Gasteiger partial charge >= 0.3 is 0 Å². The minimum absolute atomic E-state index is 0.0381. The molecule has 3 amide bonds. The first kappa shape index (κ1) is 22.9. The molecule has 1 N–H and O–H groups in total. The molecule has 1 aliphatic rings. The standard InChI is InChI=1S/C22H14F2N4O5S/c23-13-6-7-18(17(24)9-13)25-20(29)12-27-21(30)19(34-22(27)31)11-15-5-2-8-26(15)14-3-1-4-16(10-14)28(32)33/h1-11H,12H2,(H,25,29)/b19-11-. The van der Waals surface area contributed by atoms with Crippen molar-refractivity contribution in [3.63, 3.8) is 0 Å². The Morgan fingerprint density at radius 3 is 2.65 bits per heavy atom. The highest BCUT2D eigenvalue weighted by atomic mass is 32.2. The van der Waals surface area contributed by atoms with Gasteiger partial charge in [-0.2, -0.15) is 0 Å². The van der Waals surface area contributed by atoms with Crippen molar-refractivity contribution in [3.8, 4) is 5.69 Å². The van der Waals surface area contributed by atoms with E-state index in [1.165, 1.54) is 24.3 Å². The first-order chi connectivity index (χ1) is 16.2. The lowest BCUT2D eigenvalue weighted by molar-refractivity contribution is -0.384. The summed E-state index contributed by atoms with van der Waals surface area (Å²) >= 11 is 0.619. The normalized spacial score (nSPS) is 14.6. The SMILES string of the molecule is O=C(CN1C(=O)S/C(=C\c2cccn2-c2cccc([N+](=O)[O-])c2)C1=O)Nc1ccc(F)cc1F. The van der Waals surface area contributed by atoms with Crippen LogP contribution in [0.25, 0.3) is 11.8 Å². The molecule has 1 saturated heterocycles. The molecule has 0 atom stereocenters. The van der Waals surface area contributed by atoms with Gasteiger partial charge in [-0.3, -0.25) is 29.4 Å². The summed E-state index contributed by atoms with van der Waals surface area (Å²) in [5.74, 6) is -3.38. The number of nitro benzene ring substituents is 1. The molecule has 3 aromatic rings. The average molecular weight is 484 g/mol. The molecular weight excluding hydrogens is 470 g/mol. The van der Waals surface area contributed by atoms with Crippen LogP contribution in [0.5, 0.6) is 0 Å². The van der Waals surface area contributed by atoms with E-state index in [2.05, 4.69) is 5.32 Å². The molecule has 4 rings (SSSR count). The Morgan fingerprint density at radius 2 is 1.91 bits per heavy atom. The second kappa shape index (κ2) is 9.27. The molecular formula is C22H14F2N4O5S. The van der Waals surface area contributed by atoms with E-state index < -0.39 is 40.2 Å². The number of non-ortho nitro benzene ring substituents is 1. The first-order valence-electron chi connectivity index (χ1n) is 9.65. The van der Waals surface area contributed by atoms with Crippen molar-refractivity contribution < 1.29 is 28.1 Å². The van der Waals surface area contributed by atoms with Gasteiger partial charge in [0.15, 0.2) is 0 Å². The number of imide groups is 1. The molecule has 1 aromatic heterocycles. The molecule has 12 heteroatoms. The van der Waals surface area contributed by atoms with Gasteiger partial charge in [0.1, 0.15) is 18.2 Å². The first-order valence-corrected chi connectivity index (χ1v) is 10.5. The van der Waals surface area contributed by atoms with Gasteiger partial charge in [0.25, 0.3) is 16.8 Å². The summed E-state index contributed by atoms with van der Waals surface area (Å²) in [5.41, 5.74) is 0.555. The Hall–Kier alpha value is -4.32. The van der Waals surface area contributed by atoms with E-state index in [1.54, 1.807) is 29.0 Å². The molecule has 1 fully saturated rings. The number of rotatable bonds is 6. The highest BCUT2D eigenvalue weighted by Gasteiger charge is 2.36. The number of carbonyl (C=O) groups excluding carboxylic acids is 3. The van der Waals surface area contributed by atoms with Crippen LogP contribution in [-0.4, -0.2) is 38.0 Å². The number of nitrogens with zero attached hydrogens (tertiary/aromatic N) is 3. The summed E-state index contributed by atoms with van der Waals surface area (Å²) in [6, 6.07) is 11.8. The number of hydrogen-bond acceptors (Lipinski definition) is 6. The molecule has 0 bridgehead atoms. The van der Waals surface area contributed by atoms with Gasteiger partial charge in [0, 0.05) is 30.1 Å². The lowest BCUT2D eigenvalue weighted by atomic mass is 10.2. The third kappa shape index (κ3) is 4.71. The van der Waals surface area contributed by atoms with Crippen molar-refractivity contribution in [2.45, 2.75) is 0 Å². The van der Waals surface area contributed by atoms with Gasteiger partial charge in [-0.15, -0.1) is 0 Å². The largest absolute Gasteiger partial charge is 0.322 e. The van der Waals surface area contributed by atoms with Crippen LogP contribution in [0.4, 0.5) is 25.0 Å². The minimum Gasteiger partial charge on any atom is -0.322 e. The Labute approximate surface area is 194 Å². The highest BCUT2D eigenvalue weighted by Crippen LogP contribution is 2.33. The number of thioether (sulfide) groups is 1. The number of halogens is 2. The van der Waals surface area contributed by atoms with Crippen LogP contribution in [0, 0.1) is 21.7 Å². The molecule has 0 aliphatic carbocycles. The number of nitro groups is 1. The van der Waals surface area contributed by atoms with Crippen LogP contribution in [0.3, 0.4) is 0 Å². The third-order valence-corrected chi connectivity index (χ3v) is 5.67. The zero-order chi connectivity index (χ0) is 24.4. The average Bonchev–Trinajstić information content (AvgIpc) is 3.36. The fourth-order valence-electron chi connectivity index (χ4n) is 3.20. The van der Waals surface area contributed by atoms with Crippen LogP contribution in [0.2, 0.25) is 0 Å². The summed E-state index contributed by atoms with van der Waals surface area (Å²) in [7, 11) is 0. The van der Waals surface area contributed by atoms with Gasteiger partial charge in [-0.25, -0.2) is 8.78 Å². The number of benzene rings is 2. The second-order valence-electron chi connectivity index (χ2n) is 7.02. The molecule has 0 spiro atoms. The smallest absolute Gasteiger partial charge is 0.294 e. The van der Waals surface area contributed by atoms with Gasteiger partial charge < -0.3 is 9.88 Å². The molecule has 0 radical (unpaired) electrons. The van der Waals surface area contributed by atoms with E-state index in [-0.39, 0.29) is 16.3 Å². The molecule has 2 heterocycles. The van der Waals surface area contributed by atoms with E-state index in [0.29, 0.717) is 34.1 Å². The summed E-state index contributed by atoms with van der Waals surface area (Å²) in [6.07, 6.45) is 3.07. The maximum absolute atomic E-state index is 13.7. The van der Waals surface area contributed by atoms with Gasteiger partial charge in [-0.1, -0.05) is 6.07 Å². The van der Waals surface area contributed by atoms with Gasteiger partial charge in [0.05, 0.1) is 21.2 Å². The second-order valence-corrected chi connectivity index (χ2v) is 8.01. The Balaban J connectivity index is 1.52. The minimum atomic E-state index is -0.996. The Kier molecular flexibility index (Phi) is 6.23. The van der Waals surface area contributed by atoms with E-state index in [4.69, 9.17) is 0 Å². The fraction of sp³-hybridized carbons (Fsp3) is 0.0455. The van der Waals surface area contributed by atoms with Crippen molar-refractivity contribution in [1.82, 2.24) is 9.47 Å². The molecule has 172 valence electrons. The molecule has 34 heavy (non-hydrogen) atoms. The number of anilines is 1. The summed E-state index contributed by atoms with van der Waals surface area (Å²) in [4.78, 5) is 48.6. The quantitative estimate of drug-likeness (QED) is 0.316. The zero-order valence-corrected chi connectivity index (χ0v) is 17.9. The van der Waals surface area contributed by atoms with Crippen LogP contribution in [0.15, 0.2) is 65.7 Å². The number of amides is 3. The number of carbonyl (C=O) groups is 3. The van der Waals surface area contributed by atoms with Crippen LogP contribution in [-0.2, 0) is 9.59 Å². The van der Waals surface area contributed by atoms with Crippen molar-refractivity contribution >= 4 is 46.3 Å². The molecule has 2 aromatic carbocycles. The van der Waals surface area contributed by atoms with Crippen molar-refractivity contribution in [3.05, 3.63) is 93.1 Å². The van der Waals surface area contributed by atoms with E-state index in [9.17, 15) is 33.3 Å². The molecule has 0 saturated carbocycles. The Morgan fingerprint density at radius 1 is 1.12 bits per heavy atom. The molecule has 1 aliphatic heterocycles. The van der Waals surface area contributed by atoms with E-state index in [1.807, 2.05) is 0 Å². The topological polar surface area (TPSA) is 115 Å². The maximum Gasteiger partial charge on any atom is 0.294 e. The van der Waals surface area contributed by atoms with Gasteiger partial charge in [-0.05, 0) is 48.2 Å². The lowest BCUT2D eigenvalue weighted by Gasteiger charge is -2.13. The lowest BCUT2D eigenvalue weighted by Crippen LogP contribution is -2.36. The van der Waals surface area contributed by atoms with E-state index in [0.717, 1.165) is 12.1 Å². The molecule has 9 nitrogen and oxygen atoms in total. The number of aromatic nitrogens is 1. The fourth-order valence-corrected chi connectivity index (χ4v) is 4.02. The van der Waals surface area contributed by atoms with Crippen LogP contribution in [0.1, 0.15) is 5.69 Å². The summed E-state index contributed by atoms with van der Waals surface area (Å²) in [6.45, 7) is -0.662. The van der Waals surface area contributed by atoms with Crippen LogP contribution >= 0.6 is 11.8 Å². The van der Waals surface area contributed by atoms with E-state index >= 15 is 0 Å². The van der Waals surface area contributed by atoms with Gasteiger partial charge in [0.2, 0.25) is 5.91 Å². The summed E-state index contributed by atoms with van der Waals surface area (Å²) in [5, 5.41) is 12.6. The number of nitrogens with one attached hydrogen (secondary N) is 1. The van der Waals surface area contributed by atoms with Crippen LogP contribution < -0.4 is 5.32 Å². The summed E-state index contributed by atoms with van der Waals surface area (Å²) < 4.78 is 28.4. The van der Waals surface area contributed by atoms with Crippen molar-refractivity contribution in [2.75, 3.05) is 11.9 Å².